The normalized spacial score (nSPS) is 16.9. The fourth-order valence-electron chi connectivity index (χ4n) is 5.13. The zero-order valence-corrected chi connectivity index (χ0v) is 23.2. The van der Waals surface area contributed by atoms with E-state index in [-0.39, 0.29) is 18.3 Å². The van der Waals surface area contributed by atoms with Crippen LogP contribution in [0.25, 0.3) is 0 Å². The van der Waals surface area contributed by atoms with Gasteiger partial charge in [-0.3, -0.25) is 4.79 Å². The van der Waals surface area contributed by atoms with Crippen molar-refractivity contribution < 1.29 is 32.2 Å². The molecule has 0 saturated heterocycles. The molecular weight excluding hydrogens is 549 g/mol. The summed E-state index contributed by atoms with van der Waals surface area (Å²) >= 11 is 0. The first-order valence-electron chi connectivity index (χ1n) is 13.6. The number of aromatic nitrogens is 2. The van der Waals surface area contributed by atoms with Crippen molar-refractivity contribution in [3.05, 3.63) is 101 Å². The quantitative estimate of drug-likeness (QED) is 0.346. The number of alkyl halides is 3. The number of nitrogens with zero attached hydrogens (tertiary/aromatic N) is 3. The number of allylic oxidation sites excluding steroid dienone is 1. The van der Waals surface area contributed by atoms with E-state index in [9.17, 15) is 22.8 Å². The highest BCUT2D eigenvalue weighted by molar-refractivity contribution is 6.01. The van der Waals surface area contributed by atoms with Gasteiger partial charge < -0.3 is 19.7 Å². The van der Waals surface area contributed by atoms with Crippen molar-refractivity contribution in [3.63, 3.8) is 0 Å². The Labute approximate surface area is 241 Å². The molecule has 1 aliphatic heterocycles. The number of carbonyl (C=O) groups is 2. The lowest BCUT2D eigenvalue weighted by Gasteiger charge is -2.25. The molecule has 1 aliphatic carbocycles. The maximum Gasteiger partial charge on any atom is 0.436 e. The van der Waals surface area contributed by atoms with E-state index in [1.165, 1.54) is 11.8 Å². The van der Waals surface area contributed by atoms with Gasteiger partial charge in [-0.25, -0.2) is 9.48 Å². The Kier molecular flexibility index (Phi) is 8.37. The van der Waals surface area contributed by atoms with Crippen LogP contribution < -0.4 is 15.0 Å². The number of nitrogens with one attached hydrogen (secondary N) is 1. The second kappa shape index (κ2) is 12.1. The number of fused-ring (bicyclic) bond motifs is 1. The van der Waals surface area contributed by atoms with Crippen LogP contribution >= 0.6 is 0 Å². The summed E-state index contributed by atoms with van der Waals surface area (Å²) in [6.45, 7) is 3.08. The Balaban J connectivity index is 1.30. The number of carbonyl (C=O) groups excluding carboxylic acids is 2. The fourth-order valence-corrected chi connectivity index (χ4v) is 5.13. The Morgan fingerprint density at radius 3 is 2.45 bits per heavy atom. The van der Waals surface area contributed by atoms with Crippen molar-refractivity contribution in [3.8, 4) is 5.75 Å². The van der Waals surface area contributed by atoms with Gasteiger partial charge in [0.1, 0.15) is 23.7 Å². The van der Waals surface area contributed by atoms with Crippen molar-refractivity contribution in [1.29, 1.82) is 0 Å². The Hall–Kier alpha value is -4.54. The molecule has 42 heavy (non-hydrogen) atoms. The lowest BCUT2D eigenvalue weighted by Crippen LogP contribution is -2.39. The number of ether oxygens (including phenoxy) is 2. The molecule has 2 heterocycles. The number of benzene rings is 2. The topological polar surface area (TPSA) is 85.7 Å². The molecule has 0 fully saturated rings. The molecule has 0 saturated carbocycles. The first-order chi connectivity index (χ1) is 20.1. The van der Waals surface area contributed by atoms with Gasteiger partial charge in [-0.2, -0.15) is 18.3 Å². The van der Waals surface area contributed by atoms with Crippen LogP contribution in [0, 0.1) is 5.92 Å². The lowest BCUT2D eigenvalue weighted by molar-refractivity contribution is -0.142. The highest BCUT2D eigenvalue weighted by Crippen LogP contribution is 2.39. The van der Waals surface area contributed by atoms with E-state index in [1.54, 1.807) is 30.1 Å². The second-order valence-electron chi connectivity index (χ2n) is 10.3. The fraction of sp³-hybridized carbons (Fsp3) is 0.323. The summed E-state index contributed by atoms with van der Waals surface area (Å²) < 4.78 is 54.0. The number of amides is 1. The van der Waals surface area contributed by atoms with Crippen LogP contribution in [0.4, 0.5) is 19.0 Å². The third-order valence-corrected chi connectivity index (χ3v) is 7.40. The van der Waals surface area contributed by atoms with Crippen LogP contribution in [0.5, 0.6) is 5.75 Å². The number of rotatable bonds is 9. The summed E-state index contributed by atoms with van der Waals surface area (Å²) in [6, 6.07) is 16.6. The summed E-state index contributed by atoms with van der Waals surface area (Å²) in [6.07, 6.45) is 0.667. The molecule has 1 aromatic heterocycles. The van der Waals surface area contributed by atoms with Gasteiger partial charge in [0.15, 0.2) is 5.69 Å². The maximum absolute atomic E-state index is 14.0. The molecule has 2 unspecified atom stereocenters. The highest BCUT2D eigenvalue weighted by atomic mass is 19.4. The van der Waals surface area contributed by atoms with Crippen molar-refractivity contribution in [2.24, 2.45) is 5.92 Å². The Morgan fingerprint density at radius 2 is 1.81 bits per heavy atom. The molecule has 0 bridgehead atoms. The summed E-state index contributed by atoms with van der Waals surface area (Å²) in [4.78, 5) is 26.9. The Morgan fingerprint density at radius 1 is 1.07 bits per heavy atom. The van der Waals surface area contributed by atoms with Crippen LogP contribution in [-0.4, -0.2) is 41.4 Å². The molecule has 3 aromatic rings. The largest absolute Gasteiger partial charge is 0.489 e. The standard InChI is InChI=1S/C31H31F3N4O4/c1-20(23-10-12-24(13-11-23)30(40)41-2)35-28(39)26-27(31(32,33)34)36-38-17-16-37(29(26)38)18-21-8-14-25(15-9-21)42-19-22-6-4-3-5-7-22/h3-10,12-15,20,23H,11,16-19H2,1-2H3,(H,35,39). The number of esters is 1. The molecule has 8 nitrogen and oxygen atoms in total. The third-order valence-electron chi connectivity index (χ3n) is 7.40. The average molecular weight is 581 g/mol. The van der Waals surface area contributed by atoms with Crippen molar-refractivity contribution in [2.75, 3.05) is 18.6 Å². The van der Waals surface area contributed by atoms with Gasteiger partial charge in [0.05, 0.1) is 19.2 Å². The molecule has 2 aromatic carbocycles. The predicted octanol–water partition coefficient (Wildman–Crippen LogP) is 5.29. The molecular formula is C31H31F3N4O4. The number of halogens is 3. The molecule has 220 valence electrons. The monoisotopic (exact) mass is 580 g/mol. The van der Waals surface area contributed by atoms with E-state index in [0.29, 0.717) is 37.4 Å². The Bertz CT molecular complexity index is 1500. The van der Waals surface area contributed by atoms with Crippen molar-refractivity contribution in [1.82, 2.24) is 15.1 Å². The zero-order valence-electron chi connectivity index (χ0n) is 23.2. The minimum absolute atomic E-state index is 0.142. The van der Waals surface area contributed by atoms with Crippen LogP contribution in [0.2, 0.25) is 0 Å². The second-order valence-corrected chi connectivity index (χ2v) is 10.3. The number of anilines is 1. The molecule has 5 rings (SSSR count). The van der Waals surface area contributed by atoms with Gasteiger partial charge in [-0.05, 0) is 36.6 Å². The van der Waals surface area contributed by atoms with E-state index in [4.69, 9.17) is 9.47 Å². The SMILES string of the molecule is COC(=O)C1=CCC(C(C)NC(=O)c2c(C(F)(F)F)nn3c2N(Cc2ccc(OCc4ccccc4)cc2)CC3)C=C1. The molecule has 2 atom stereocenters. The van der Waals surface area contributed by atoms with E-state index < -0.39 is 35.4 Å². The van der Waals surface area contributed by atoms with Crippen molar-refractivity contribution in [2.45, 2.75) is 45.3 Å². The summed E-state index contributed by atoms with van der Waals surface area (Å²) in [5.41, 5.74) is 0.594. The van der Waals surface area contributed by atoms with Crippen LogP contribution in [-0.2, 0) is 35.4 Å². The van der Waals surface area contributed by atoms with Gasteiger partial charge in [-0.1, -0.05) is 60.7 Å². The average Bonchev–Trinajstić information content (AvgIpc) is 3.57. The maximum atomic E-state index is 14.0. The van der Waals surface area contributed by atoms with E-state index >= 15 is 0 Å². The minimum atomic E-state index is -4.81. The van der Waals surface area contributed by atoms with Crippen molar-refractivity contribution >= 4 is 17.7 Å². The van der Waals surface area contributed by atoms with Gasteiger partial charge >= 0.3 is 12.1 Å². The molecule has 1 amide bonds. The van der Waals surface area contributed by atoms with Crippen LogP contribution in [0.3, 0.4) is 0 Å². The molecule has 11 heteroatoms. The first kappa shape index (κ1) is 29.0. The summed E-state index contributed by atoms with van der Waals surface area (Å²) in [5, 5.41) is 6.53. The van der Waals surface area contributed by atoms with Gasteiger partial charge in [0.2, 0.25) is 0 Å². The van der Waals surface area contributed by atoms with E-state index in [1.807, 2.05) is 54.6 Å². The highest BCUT2D eigenvalue weighted by Gasteiger charge is 2.44. The lowest BCUT2D eigenvalue weighted by atomic mass is 9.91. The molecule has 1 N–H and O–H groups in total. The summed E-state index contributed by atoms with van der Waals surface area (Å²) in [7, 11) is 1.29. The van der Waals surface area contributed by atoms with Crippen LogP contribution in [0.1, 0.15) is 40.5 Å². The smallest absolute Gasteiger partial charge is 0.436 e. The number of hydrogen-bond acceptors (Lipinski definition) is 6. The third kappa shape index (κ3) is 6.35. The van der Waals surface area contributed by atoms with E-state index in [2.05, 4.69) is 10.4 Å². The molecule has 2 aliphatic rings. The molecule has 0 radical (unpaired) electrons. The zero-order chi connectivity index (χ0) is 29.9. The van der Waals surface area contributed by atoms with Gasteiger partial charge in [0.25, 0.3) is 5.91 Å². The van der Waals surface area contributed by atoms with Crippen LogP contribution in [0.15, 0.2) is 78.4 Å². The van der Waals surface area contributed by atoms with E-state index in [0.717, 1.165) is 11.1 Å². The first-order valence-corrected chi connectivity index (χ1v) is 13.6. The number of methoxy groups -OCH3 is 1. The molecule has 0 spiro atoms. The number of hydrogen-bond donors (Lipinski definition) is 1. The predicted molar refractivity (Wildman–Crippen MR) is 150 cm³/mol. The van der Waals surface area contributed by atoms with Gasteiger partial charge in [-0.15, -0.1) is 0 Å². The van der Waals surface area contributed by atoms with Gasteiger partial charge in [0, 0.05) is 25.0 Å². The summed E-state index contributed by atoms with van der Waals surface area (Å²) in [5.74, 6) is -0.708. The minimum Gasteiger partial charge on any atom is -0.489 e.